The minimum absolute atomic E-state index is 0.0319. The Labute approximate surface area is 690 Å². The minimum atomic E-state index is -5.03. The number of urea groups is 1. The first-order valence-electron chi connectivity index (χ1n) is 38.0. The van der Waals surface area contributed by atoms with Crippen LogP contribution in [0.1, 0.15) is 81.0 Å². The Morgan fingerprint density at radius 3 is 1.56 bits per heavy atom. The maximum absolute atomic E-state index is 14.9. The second kappa shape index (κ2) is 46.1. The molecule has 6 aromatic rings. The number of nitrogens with one attached hydrogen (secondary N) is 4. The number of alkyl halides is 2. The molecule has 0 radical (unpaired) electrons. The van der Waals surface area contributed by atoms with Crippen LogP contribution in [0, 0.1) is 5.92 Å². The van der Waals surface area contributed by atoms with Gasteiger partial charge in [-0.2, -0.15) is 0 Å². The van der Waals surface area contributed by atoms with Crippen molar-refractivity contribution in [3.63, 3.8) is 0 Å². The number of methoxy groups -OCH3 is 2. The van der Waals surface area contributed by atoms with E-state index >= 15 is 0 Å². The van der Waals surface area contributed by atoms with Crippen LogP contribution in [0.5, 0.6) is 11.5 Å². The predicted molar refractivity (Wildman–Crippen MR) is 434 cm³/mol. The average Bonchev–Trinajstić information content (AvgIpc) is 1.61. The zero-order valence-corrected chi connectivity index (χ0v) is 68.6. The Kier molecular flexibility index (Phi) is 36.0. The third kappa shape index (κ3) is 26.5. The number of ether oxygens (including phenoxy) is 10. The van der Waals surface area contributed by atoms with Gasteiger partial charge in [0.1, 0.15) is 30.2 Å². The quantitative estimate of drug-likeness (QED) is 0.00834. The van der Waals surface area contributed by atoms with Gasteiger partial charge >= 0.3 is 26.0 Å². The van der Waals surface area contributed by atoms with Crippen molar-refractivity contribution >= 4 is 141 Å². The van der Waals surface area contributed by atoms with E-state index in [-0.39, 0.29) is 175 Å². The number of carbonyl (C=O) groups is 10. The van der Waals surface area contributed by atoms with Crippen LogP contribution in [0.4, 0.5) is 31.4 Å². The molecule has 3 aliphatic heterocycles. The van der Waals surface area contributed by atoms with Gasteiger partial charge in [-0.25, -0.2) is 18.9 Å². The Morgan fingerprint density at radius 1 is 0.598 bits per heavy atom. The number of anilines is 3. The van der Waals surface area contributed by atoms with Crippen LogP contribution in [-0.4, -0.2) is 267 Å². The standard InChI is InChI=1S/C79H99Cl2N10O24PS/c1-51(2)72(86-67(92)23-30-107-34-36-109-38-40-111-42-43-112-41-39-110-37-35-108-33-29-89-68(93)21-22-69(89)94)74(96)85-60(14-9-24-83-77(82)99)73(95)84-55-17-15-52(16-18-55)50-113-78(100)87(27-31-105-3)25-26-88(28-32-106-4)79(101)114-63-44-61-70(58-12-7-5-10-56(58)63)53(46-80)48-90(61)75(97)65-19-20-66(117-65)76(98)91-49-54(47-81)71-59-13-8-6-11-57(59)64(45-62(71)91)115-116(102,103)104/h5-8,10-13,15-22,44-45,51,53-54,60,72H,9,14,23-43,46-50H2,1-4H3,(H,84,95)(H,85,96)(H,86,92)(H3,82,83,99)(H2,102,103,104). The molecule has 8 N–H and O–H groups in total. The van der Waals surface area contributed by atoms with Gasteiger partial charge in [-0.3, -0.25) is 48.2 Å². The van der Waals surface area contributed by atoms with Crippen molar-refractivity contribution < 1.29 is 114 Å². The fourth-order valence-electron chi connectivity index (χ4n) is 13.1. The molecule has 1 aromatic heterocycles. The second-order valence-electron chi connectivity index (χ2n) is 27.4. The zero-order valence-electron chi connectivity index (χ0n) is 65.4. The highest BCUT2D eigenvalue weighted by molar-refractivity contribution is 7.46. The summed E-state index contributed by atoms with van der Waals surface area (Å²) in [5.41, 5.74) is 8.39. The lowest BCUT2D eigenvalue weighted by Crippen LogP contribution is -2.54. The van der Waals surface area contributed by atoms with Gasteiger partial charge in [0.05, 0.1) is 120 Å². The number of carbonyl (C=O) groups excluding carboxylic acids is 10. The number of phosphoric acid groups is 1. The zero-order chi connectivity index (χ0) is 84.0. The number of hydrogen-bond acceptors (Lipinski definition) is 23. The first-order chi connectivity index (χ1) is 56.4. The van der Waals surface area contributed by atoms with Crippen LogP contribution in [0.15, 0.2) is 109 Å². The Balaban J connectivity index is 0.733. The number of fused-ring (bicyclic) bond motifs is 6. The Bertz CT molecular complexity index is 4480. The Morgan fingerprint density at radius 2 is 1.08 bits per heavy atom. The van der Waals surface area contributed by atoms with E-state index < -0.39 is 73.6 Å². The highest BCUT2D eigenvalue weighted by Crippen LogP contribution is 2.50. The van der Waals surface area contributed by atoms with Crippen molar-refractivity contribution in [2.45, 2.75) is 63.6 Å². The highest BCUT2D eigenvalue weighted by Gasteiger charge is 2.40. The molecule has 5 aromatic carbocycles. The van der Waals surface area contributed by atoms with Gasteiger partial charge in [0, 0.05) is 131 Å². The van der Waals surface area contributed by atoms with Gasteiger partial charge < -0.3 is 98.5 Å². The van der Waals surface area contributed by atoms with Gasteiger partial charge in [-0.1, -0.05) is 74.5 Å². The summed E-state index contributed by atoms with van der Waals surface area (Å²) in [6.07, 6.45) is 1.14. The number of rotatable bonds is 49. The molecular formula is C79H99Cl2N10O24PS. The lowest BCUT2D eigenvalue weighted by molar-refractivity contribution is -0.137. The number of imide groups is 1. The molecule has 0 saturated carbocycles. The molecule has 0 aliphatic carbocycles. The summed E-state index contributed by atoms with van der Waals surface area (Å²) in [5.74, 6) is -4.18. The molecule has 0 spiro atoms. The van der Waals surface area contributed by atoms with Gasteiger partial charge in [0.2, 0.25) is 17.7 Å². The van der Waals surface area contributed by atoms with E-state index in [0.29, 0.717) is 103 Å². The van der Waals surface area contributed by atoms with Gasteiger partial charge in [-0.05, 0) is 70.5 Å². The summed E-state index contributed by atoms with van der Waals surface area (Å²) in [5, 5.41) is 13.1. The molecule has 0 saturated heterocycles. The third-order valence-corrected chi connectivity index (χ3v) is 21.2. The molecule has 634 valence electrons. The molecule has 4 heterocycles. The van der Waals surface area contributed by atoms with E-state index in [1.54, 1.807) is 97.6 Å². The van der Waals surface area contributed by atoms with Crippen molar-refractivity contribution in [2.24, 2.45) is 11.7 Å². The molecule has 0 fully saturated rings. The van der Waals surface area contributed by atoms with E-state index in [0.717, 1.165) is 21.8 Å². The van der Waals surface area contributed by atoms with E-state index in [2.05, 4.69) is 21.3 Å². The van der Waals surface area contributed by atoms with Crippen molar-refractivity contribution in [1.29, 1.82) is 0 Å². The molecule has 9 rings (SSSR count). The first-order valence-corrected chi connectivity index (χ1v) is 41.4. The van der Waals surface area contributed by atoms with Crippen molar-refractivity contribution in [3.8, 4) is 11.5 Å². The number of thiophene rings is 1. The number of nitrogens with zero attached hydrogens (tertiary/aromatic N) is 5. The lowest BCUT2D eigenvalue weighted by atomic mass is 9.95. The topological polar surface area (TPSA) is 420 Å². The summed E-state index contributed by atoms with van der Waals surface area (Å²) in [6, 6.07) is 23.7. The summed E-state index contributed by atoms with van der Waals surface area (Å²) in [7, 11) is -2.09. The van der Waals surface area contributed by atoms with Gasteiger partial charge in [-0.15, -0.1) is 34.5 Å². The van der Waals surface area contributed by atoms with Crippen LogP contribution in [0.2, 0.25) is 0 Å². The third-order valence-electron chi connectivity index (χ3n) is 19.0. The Hall–Kier alpha value is -9.43. The molecule has 0 bridgehead atoms. The van der Waals surface area contributed by atoms with Crippen molar-refractivity contribution in [1.82, 2.24) is 30.7 Å². The largest absolute Gasteiger partial charge is 0.524 e. The number of phosphoric ester groups is 1. The molecule has 4 unspecified atom stereocenters. The average molecular weight is 1710 g/mol. The highest BCUT2D eigenvalue weighted by atomic mass is 35.5. The number of halogens is 2. The summed E-state index contributed by atoms with van der Waals surface area (Å²) in [6.45, 7) is 7.38. The first kappa shape index (κ1) is 91.5. The maximum Gasteiger partial charge on any atom is 0.524 e. The maximum atomic E-state index is 14.9. The molecular weight excluding hydrogens is 1610 g/mol. The minimum Gasteiger partial charge on any atom is -0.445 e. The molecule has 4 atom stereocenters. The molecule has 11 amide bonds. The van der Waals surface area contributed by atoms with Crippen LogP contribution in [-0.2, 0) is 77.8 Å². The number of amides is 11. The molecule has 34 nitrogen and oxygen atoms in total. The van der Waals surface area contributed by atoms with Gasteiger partial charge in [0.25, 0.3) is 23.6 Å². The fraction of sp³-hybridized carbons (Fsp3) is 0.468. The van der Waals surface area contributed by atoms with Crippen molar-refractivity contribution in [2.75, 3.05) is 186 Å². The van der Waals surface area contributed by atoms with Gasteiger partial charge in [0.15, 0.2) is 0 Å². The number of primary amides is 1. The normalized spacial score (nSPS) is 14.9. The summed E-state index contributed by atoms with van der Waals surface area (Å²) < 4.78 is 73.1. The van der Waals surface area contributed by atoms with Crippen LogP contribution in [0.3, 0.4) is 0 Å². The van der Waals surface area contributed by atoms with Crippen LogP contribution >= 0.6 is 42.4 Å². The monoisotopic (exact) mass is 1700 g/mol. The van der Waals surface area contributed by atoms with Crippen LogP contribution < -0.4 is 46.1 Å². The van der Waals surface area contributed by atoms with Crippen LogP contribution in [0.25, 0.3) is 21.5 Å². The predicted octanol–water partition coefficient (Wildman–Crippen LogP) is 7.65. The van der Waals surface area contributed by atoms with E-state index in [9.17, 15) is 62.3 Å². The lowest BCUT2D eigenvalue weighted by Gasteiger charge is -2.27. The fourth-order valence-corrected chi connectivity index (χ4v) is 14.9. The smallest absolute Gasteiger partial charge is 0.445 e. The molecule has 3 aliphatic rings. The van der Waals surface area contributed by atoms with E-state index in [1.807, 2.05) is 12.1 Å². The summed E-state index contributed by atoms with van der Waals surface area (Å²) >= 11 is 14.1. The SMILES string of the molecule is COCCN(CCN(CCOC)C(=O)Oc1cc2c(c3ccccc13)C(CCl)CN2C(=O)c1ccc(C(=O)N2CC(CCl)c3c2cc(OP(=O)(O)O)c2ccccc32)s1)C(=O)OCc1ccc(NC(=O)C(CCCNC(N)=O)NC(=O)C(NC(=O)CCOCCOCCOCCOCCOCCOCCN2C(=O)C=CC2=O)C(C)C)cc1. The second-order valence-corrected chi connectivity index (χ2v) is 30.3. The molecule has 38 heteroatoms. The number of hydrogen-bond donors (Lipinski definition) is 7. The summed E-state index contributed by atoms with van der Waals surface area (Å²) in [4.78, 5) is 160. The van der Waals surface area contributed by atoms with E-state index in [1.165, 1.54) is 47.1 Å². The molecule has 117 heavy (non-hydrogen) atoms. The number of nitrogens with two attached hydrogens (primary N) is 1. The van der Waals surface area contributed by atoms with E-state index in [4.69, 9.17) is 80.8 Å². The number of benzene rings is 5. The van der Waals surface area contributed by atoms with Crippen molar-refractivity contribution in [3.05, 3.63) is 136 Å².